The number of hydrogen-bond acceptors (Lipinski definition) is 9. The quantitative estimate of drug-likeness (QED) is 0.178. The molecule has 0 radical (unpaired) electrons. The summed E-state index contributed by atoms with van der Waals surface area (Å²) in [6, 6.07) is 9.68. The molecule has 0 bridgehead atoms. The lowest BCUT2D eigenvalue weighted by atomic mass is 9.63. The largest absolute Gasteiger partial charge is 0.493 e. The first-order chi connectivity index (χ1) is 18.3. The Hall–Kier alpha value is -3.14. The lowest BCUT2D eigenvalue weighted by molar-refractivity contribution is 0.130. The number of rotatable bonds is 11. The van der Waals surface area contributed by atoms with E-state index in [0.717, 1.165) is 47.4 Å². The zero-order valence-corrected chi connectivity index (χ0v) is 23.7. The van der Waals surface area contributed by atoms with Crippen LogP contribution >= 0.6 is 11.8 Å². The second-order valence-corrected chi connectivity index (χ2v) is 11.9. The van der Waals surface area contributed by atoms with Crippen LogP contribution in [0.3, 0.4) is 0 Å². The number of benzene rings is 1. The van der Waals surface area contributed by atoms with Crippen molar-refractivity contribution in [1.29, 1.82) is 0 Å². The van der Waals surface area contributed by atoms with Gasteiger partial charge in [0.2, 0.25) is 0 Å². The number of oxime groups is 1. The molecule has 0 saturated heterocycles. The Bertz CT molecular complexity index is 1150. The van der Waals surface area contributed by atoms with E-state index in [2.05, 4.69) is 32.1 Å². The second kappa shape index (κ2) is 12.6. The third-order valence-electron chi connectivity index (χ3n) is 6.78. The number of aromatic nitrogens is 5. The first-order valence-corrected chi connectivity index (χ1v) is 14.0. The van der Waals surface area contributed by atoms with Gasteiger partial charge in [0.05, 0.1) is 18.9 Å². The highest BCUT2D eigenvalue weighted by molar-refractivity contribution is 7.99. The van der Waals surface area contributed by atoms with Crippen molar-refractivity contribution in [2.24, 2.45) is 22.4 Å². The van der Waals surface area contributed by atoms with E-state index in [1.165, 1.54) is 0 Å². The van der Waals surface area contributed by atoms with Crippen LogP contribution in [0.25, 0.3) is 0 Å². The van der Waals surface area contributed by atoms with Crippen LogP contribution in [0, 0.1) is 17.3 Å². The van der Waals surface area contributed by atoms with E-state index >= 15 is 0 Å². The minimum Gasteiger partial charge on any atom is -0.493 e. The maximum absolute atomic E-state index is 6.30. The molecule has 9 nitrogen and oxygen atoms in total. The molecule has 2 aromatic heterocycles. The van der Waals surface area contributed by atoms with E-state index < -0.39 is 0 Å². The number of nitrogens with zero attached hydrogens (tertiary/aromatic N) is 6. The molecule has 1 aliphatic carbocycles. The molecule has 0 N–H and O–H groups in total. The van der Waals surface area contributed by atoms with Gasteiger partial charge in [0.25, 0.3) is 0 Å². The lowest BCUT2D eigenvalue weighted by Crippen LogP contribution is -2.46. The smallest absolute Gasteiger partial charge is 0.187 e. The molecule has 3 atom stereocenters. The summed E-state index contributed by atoms with van der Waals surface area (Å²) in [5.41, 5.74) is 0.694. The van der Waals surface area contributed by atoms with Gasteiger partial charge in [-0.25, -0.2) is 15.0 Å². The predicted molar refractivity (Wildman–Crippen MR) is 148 cm³/mol. The average molecular weight is 539 g/mol. The highest BCUT2D eigenvalue weighted by Gasteiger charge is 2.44. The fourth-order valence-electron chi connectivity index (χ4n) is 4.89. The SMILES string of the molecule is CO/N=C1/[C@@H](Cn2cncn2)[C@H](COc2ccc(OC(C)(C)C)cc2)CC[C@@]1(C)CCSc1ncccn1. The number of ether oxygens (including phenoxy) is 2. The van der Waals surface area contributed by atoms with Crippen molar-refractivity contribution in [3.63, 3.8) is 0 Å². The molecule has 0 unspecified atom stereocenters. The van der Waals surface area contributed by atoms with Crippen molar-refractivity contribution >= 4 is 17.5 Å². The topological polar surface area (TPSA) is 96.5 Å². The van der Waals surface area contributed by atoms with Gasteiger partial charge < -0.3 is 14.3 Å². The number of thioether (sulfide) groups is 1. The van der Waals surface area contributed by atoms with Crippen molar-refractivity contribution in [2.45, 2.75) is 64.3 Å². The van der Waals surface area contributed by atoms with Crippen molar-refractivity contribution < 1.29 is 14.3 Å². The van der Waals surface area contributed by atoms with Gasteiger partial charge in [0, 0.05) is 35.4 Å². The van der Waals surface area contributed by atoms with Crippen LogP contribution in [-0.2, 0) is 11.4 Å². The summed E-state index contributed by atoms with van der Waals surface area (Å²) in [5, 5.41) is 9.79. The molecular weight excluding hydrogens is 500 g/mol. The molecule has 3 aromatic rings. The molecule has 0 spiro atoms. The normalized spacial score (nSPS) is 22.8. The fraction of sp³-hybridized carbons (Fsp3) is 0.536. The molecule has 38 heavy (non-hydrogen) atoms. The van der Waals surface area contributed by atoms with Gasteiger partial charge in [0.1, 0.15) is 36.9 Å². The van der Waals surface area contributed by atoms with E-state index in [4.69, 9.17) is 14.3 Å². The van der Waals surface area contributed by atoms with Crippen LogP contribution in [-0.4, -0.2) is 55.5 Å². The Morgan fingerprint density at radius 1 is 1.13 bits per heavy atom. The predicted octanol–water partition coefficient (Wildman–Crippen LogP) is 5.54. The number of hydrogen-bond donors (Lipinski definition) is 0. The molecular formula is C28H38N6O3S. The third-order valence-corrected chi connectivity index (χ3v) is 7.66. The van der Waals surface area contributed by atoms with E-state index in [1.807, 2.05) is 55.8 Å². The Morgan fingerprint density at radius 2 is 1.87 bits per heavy atom. The van der Waals surface area contributed by atoms with Gasteiger partial charge >= 0.3 is 0 Å². The van der Waals surface area contributed by atoms with Gasteiger partial charge in [-0.05, 0) is 70.4 Å². The summed E-state index contributed by atoms with van der Waals surface area (Å²) in [4.78, 5) is 18.3. The summed E-state index contributed by atoms with van der Waals surface area (Å²) >= 11 is 1.67. The maximum atomic E-state index is 6.30. The molecule has 4 rings (SSSR count). The summed E-state index contributed by atoms with van der Waals surface area (Å²) in [7, 11) is 1.62. The van der Waals surface area contributed by atoms with Gasteiger partial charge in [-0.1, -0.05) is 23.8 Å². The van der Waals surface area contributed by atoms with E-state index in [-0.39, 0.29) is 22.9 Å². The Morgan fingerprint density at radius 3 is 2.53 bits per heavy atom. The van der Waals surface area contributed by atoms with Gasteiger partial charge in [-0.2, -0.15) is 5.10 Å². The van der Waals surface area contributed by atoms with Crippen LogP contribution in [0.4, 0.5) is 0 Å². The first kappa shape index (κ1) is 27.9. The van der Waals surface area contributed by atoms with Crippen molar-refractivity contribution in [3.05, 3.63) is 55.4 Å². The lowest BCUT2D eigenvalue weighted by Gasteiger charge is -2.43. The minimum atomic E-state index is -0.241. The van der Waals surface area contributed by atoms with Crippen LogP contribution in [0.1, 0.15) is 47.0 Å². The van der Waals surface area contributed by atoms with Gasteiger partial charge in [-0.3, -0.25) is 4.68 Å². The van der Waals surface area contributed by atoms with Crippen molar-refractivity contribution in [2.75, 3.05) is 19.5 Å². The molecule has 0 aliphatic heterocycles. The molecule has 204 valence electrons. The van der Waals surface area contributed by atoms with E-state index in [0.29, 0.717) is 13.2 Å². The summed E-state index contributed by atoms with van der Waals surface area (Å²) in [6.45, 7) is 9.64. The maximum Gasteiger partial charge on any atom is 0.187 e. The zero-order chi connectivity index (χ0) is 27.0. The monoisotopic (exact) mass is 538 g/mol. The van der Waals surface area contributed by atoms with Crippen molar-refractivity contribution in [1.82, 2.24) is 24.7 Å². The molecule has 1 fully saturated rings. The summed E-state index contributed by atoms with van der Waals surface area (Å²) in [5.74, 6) is 2.89. The molecule has 1 aliphatic rings. The highest BCUT2D eigenvalue weighted by Crippen LogP contribution is 2.44. The molecule has 10 heteroatoms. The van der Waals surface area contributed by atoms with Crippen LogP contribution in [0.2, 0.25) is 0 Å². The Balaban J connectivity index is 1.47. The van der Waals surface area contributed by atoms with Crippen molar-refractivity contribution in [3.8, 4) is 11.5 Å². The van der Waals surface area contributed by atoms with Crippen LogP contribution in [0.15, 0.2) is 65.7 Å². The molecule has 2 heterocycles. The summed E-state index contributed by atoms with van der Waals surface area (Å²) in [6.07, 6.45) is 9.82. The Kier molecular flexibility index (Phi) is 9.25. The second-order valence-electron chi connectivity index (χ2n) is 10.9. The molecule has 0 amide bonds. The van der Waals surface area contributed by atoms with Gasteiger partial charge in [-0.15, -0.1) is 0 Å². The van der Waals surface area contributed by atoms with Crippen LogP contribution in [0.5, 0.6) is 11.5 Å². The standard InChI is InChI=1S/C28H38N6O3S/c1-27(2,3)37-23-9-7-22(8-10-23)36-18-21-11-12-28(4,13-16-38-26-30-14-6-15-31-26)25(33-35-5)24(21)17-34-20-29-19-32-34/h6-10,14-15,19-21,24H,11-13,16-18H2,1-5H3/b33-25-/t21-,24-,28-/m0/s1. The zero-order valence-electron chi connectivity index (χ0n) is 22.9. The molecule has 1 saturated carbocycles. The van der Waals surface area contributed by atoms with E-state index in [9.17, 15) is 0 Å². The average Bonchev–Trinajstić information content (AvgIpc) is 3.40. The minimum absolute atomic E-state index is 0.0943. The Labute approximate surface area is 229 Å². The highest BCUT2D eigenvalue weighted by atomic mass is 32.2. The van der Waals surface area contributed by atoms with Crippen LogP contribution < -0.4 is 9.47 Å². The summed E-state index contributed by atoms with van der Waals surface area (Å²) < 4.78 is 14.1. The van der Waals surface area contributed by atoms with E-state index in [1.54, 1.807) is 43.9 Å². The van der Waals surface area contributed by atoms with Gasteiger partial charge in [0.15, 0.2) is 5.16 Å². The molecule has 1 aromatic carbocycles. The first-order valence-electron chi connectivity index (χ1n) is 13.0. The third kappa shape index (κ3) is 7.69. The fourth-order valence-corrected chi connectivity index (χ4v) is 5.89.